The molecule has 0 saturated carbocycles. The summed E-state index contributed by atoms with van der Waals surface area (Å²) in [4.78, 5) is 10.7. The Kier molecular flexibility index (Phi) is 2.16. The molecule has 2 rings (SSSR count). The van der Waals surface area contributed by atoms with E-state index in [1.54, 1.807) is 26.2 Å². The third kappa shape index (κ3) is 1.57. The van der Waals surface area contributed by atoms with Gasteiger partial charge in [-0.2, -0.15) is 0 Å². The van der Waals surface area contributed by atoms with E-state index >= 15 is 0 Å². The molecule has 4 nitrogen and oxygen atoms in total. The Hall–Kier alpha value is -1.55. The van der Waals surface area contributed by atoms with E-state index in [-0.39, 0.29) is 0 Å². The van der Waals surface area contributed by atoms with E-state index in [9.17, 15) is 4.79 Å². The van der Waals surface area contributed by atoms with Crippen molar-refractivity contribution in [1.29, 1.82) is 0 Å². The molecule has 0 aliphatic carbocycles. The van der Waals surface area contributed by atoms with Crippen molar-refractivity contribution in [3.8, 4) is 5.75 Å². The van der Waals surface area contributed by atoms with E-state index in [0.717, 1.165) is 11.3 Å². The molecule has 1 fully saturated rings. The zero-order valence-corrected chi connectivity index (χ0v) is 8.56. The normalized spacial score (nSPS) is 28.5. The fraction of sp³-hybridized carbons (Fsp3) is 0.364. The summed E-state index contributed by atoms with van der Waals surface area (Å²) in [6.07, 6.45) is -0.731. The number of ether oxygens (including phenoxy) is 2. The lowest BCUT2D eigenvalue weighted by Crippen LogP contribution is -2.15. The first-order chi connectivity index (χ1) is 7.08. The highest BCUT2D eigenvalue weighted by Gasteiger charge is 2.58. The molecule has 1 aliphatic rings. The first-order valence-electron chi connectivity index (χ1n) is 4.63. The van der Waals surface area contributed by atoms with Crippen molar-refractivity contribution in [2.45, 2.75) is 18.6 Å². The van der Waals surface area contributed by atoms with Gasteiger partial charge in [-0.15, -0.1) is 0 Å². The third-order valence-electron chi connectivity index (χ3n) is 2.69. The van der Waals surface area contributed by atoms with Crippen LogP contribution in [0.5, 0.6) is 5.75 Å². The number of rotatable bonds is 3. The number of methoxy groups -OCH3 is 1. The molecule has 1 heterocycles. The maximum atomic E-state index is 10.7. The van der Waals surface area contributed by atoms with Crippen molar-refractivity contribution in [3.05, 3.63) is 29.8 Å². The number of carboxylic acids is 1. The van der Waals surface area contributed by atoms with Crippen LogP contribution in [0, 0.1) is 0 Å². The number of hydrogen-bond acceptors (Lipinski definition) is 3. The first-order valence-corrected chi connectivity index (χ1v) is 4.63. The van der Waals surface area contributed by atoms with Crippen LogP contribution in [0.3, 0.4) is 0 Å². The van der Waals surface area contributed by atoms with E-state index in [0.29, 0.717) is 0 Å². The molecule has 1 aromatic carbocycles. The topological polar surface area (TPSA) is 59.1 Å². The van der Waals surface area contributed by atoms with Crippen LogP contribution in [0.15, 0.2) is 24.3 Å². The van der Waals surface area contributed by atoms with Crippen LogP contribution in [0.4, 0.5) is 0 Å². The molecular weight excluding hydrogens is 196 g/mol. The standard InChI is InChI=1S/C11H12O4/c1-11(9(15-11)10(12)13)7-3-5-8(14-2)6-4-7/h3-6,9H,1-2H3,(H,12,13)/t9-,11+/m0/s1. The van der Waals surface area contributed by atoms with Crippen LogP contribution in [0.2, 0.25) is 0 Å². The molecule has 4 heteroatoms. The minimum atomic E-state index is -0.923. The van der Waals surface area contributed by atoms with Gasteiger partial charge < -0.3 is 14.6 Å². The molecule has 15 heavy (non-hydrogen) atoms. The molecule has 0 bridgehead atoms. The molecule has 1 aromatic rings. The highest BCUT2D eigenvalue weighted by Crippen LogP contribution is 2.46. The molecule has 0 amide bonds. The summed E-state index contributed by atoms with van der Waals surface area (Å²) in [7, 11) is 1.59. The number of hydrogen-bond donors (Lipinski definition) is 1. The number of aliphatic carboxylic acids is 1. The summed E-state index contributed by atoms with van der Waals surface area (Å²) in [5.41, 5.74) is 0.175. The van der Waals surface area contributed by atoms with Crippen molar-refractivity contribution >= 4 is 5.97 Å². The third-order valence-corrected chi connectivity index (χ3v) is 2.69. The minimum absolute atomic E-state index is 0.682. The average Bonchev–Trinajstić information content (AvgIpc) is 2.93. The average molecular weight is 208 g/mol. The molecular formula is C11H12O4. The van der Waals surface area contributed by atoms with Gasteiger partial charge in [0.15, 0.2) is 6.10 Å². The minimum Gasteiger partial charge on any atom is -0.497 e. The summed E-state index contributed by atoms with van der Waals surface area (Å²) in [6, 6.07) is 7.23. The summed E-state index contributed by atoms with van der Waals surface area (Å²) in [6.45, 7) is 1.77. The van der Waals surface area contributed by atoms with Crippen LogP contribution in [0.1, 0.15) is 12.5 Å². The monoisotopic (exact) mass is 208 g/mol. The molecule has 0 spiro atoms. The predicted octanol–water partition coefficient (Wildman–Crippen LogP) is 1.39. The van der Waals surface area contributed by atoms with Gasteiger partial charge in [0.25, 0.3) is 0 Å². The van der Waals surface area contributed by atoms with Gasteiger partial charge in [0.2, 0.25) is 0 Å². The highest BCUT2D eigenvalue weighted by atomic mass is 16.6. The fourth-order valence-corrected chi connectivity index (χ4v) is 1.64. The Morgan fingerprint density at radius 2 is 2.07 bits per heavy atom. The van der Waals surface area contributed by atoms with E-state index < -0.39 is 17.7 Å². The van der Waals surface area contributed by atoms with Crippen molar-refractivity contribution < 1.29 is 19.4 Å². The van der Waals surface area contributed by atoms with Crippen molar-refractivity contribution in [2.24, 2.45) is 0 Å². The van der Waals surface area contributed by atoms with Gasteiger partial charge in [0.1, 0.15) is 11.4 Å². The lowest BCUT2D eigenvalue weighted by Gasteiger charge is -2.06. The molecule has 1 aliphatic heterocycles. The van der Waals surface area contributed by atoms with Crippen LogP contribution in [-0.2, 0) is 15.1 Å². The van der Waals surface area contributed by atoms with Crippen LogP contribution >= 0.6 is 0 Å². The molecule has 0 unspecified atom stereocenters. The summed E-state index contributed by atoms with van der Waals surface area (Å²) in [5, 5.41) is 8.80. The zero-order chi connectivity index (χ0) is 11.1. The Morgan fingerprint density at radius 3 is 2.47 bits per heavy atom. The highest BCUT2D eigenvalue weighted by molar-refractivity contribution is 5.77. The van der Waals surface area contributed by atoms with Gasteiger partial charge in [-0.1, -0.05) is 12.1 Å². The maximum Gasteiger partial charge on any atom is 0.336 e. The zero-order valence-electron chi connectivity index (χ0n) is 8.56. The van der Waals surface area contributed by atoms with Crippen molar-refractivity contribution in [1.82, 2.24) is 0 Å². The van der Waals surface area contributed by atoms with Gasteiger partial charge in [-0.25, -0.2) is 4.79 Å². The van der Waals surface area contributed by atoms with Gasteiger partial charge in [0.05, 0.1) is 7.11 Å². The Bertz CT molecular complexity index is 384. The molecule has 0 aromatic heterocycles. The SMILES string of the molecule is COc1ccc([C@@]2(C)O[C@H]2C(=O)O)cc1. The van der Waals surface area contributed by atoms with Crippen LogP contribution < -0.4 is 4.74 Å². The van der Waals surface area contributed by atoms with E-state index in [4.69, 9.17) is 14.6 Å². The number of epoxide rings is 1. The van der Waals surface area contributed by atoms with E-state index in [2.05, 4.69) is 0 Å². The smallest absolute Gasteiger partial charge is 0.336 e. The van der Waals surface area contributed by atoms with E-state index in [1.807, 2.05) is 12.1 Å². The van der Waals surface area contributed by atoms with E-state index in [1.165, 1.54) is 0 Å². The van der Waals surface area contributed by atoms with Crippen LogP contribution in [0.25, 0.3) is 0 Å². The van der Waals surface area contributed by atoms with Gasteiger partial charge in [-0.05, 0) is 24.6 Å². The Labute approximate surface area is 87.4 Å². The number of carboxylic acid groups (broad SMARTS) is 1. The summed E-state index contributed by atoms with van der Waals surface area (Å²) >= 11 is 0. The van der Waals surface area contributed by atoms with Gasteiger partial charge in [-0.3, -0.25) is 0 Å². The molecule has 2 atom stereocenters. The number of carbonyl (C=O) groups is 1. The summed E-state index contributed by atoms with van der Waals surface area (Å²) < 4.78 is 10.2. The molecule has 1 N–H and O–H groups in total. The second kappa shape index (κ2) is 3.24. The van der Waals surface area contributed by atoms with Crippen LogP contribution in [-0.4, -0.2) is 24.3 Å². The molecule has 80 valence electrons. The van der Waals surface area contributed by atoms with Crippen molar-refractivity contribution in [3.63, 3.8) is 0 Å². The first kappa shape index (κ1) is 9.98. The fourth-order valence-electron chi connectivity index (χ4n) is 1.64. The lowest BCUT2D eigenvalue weighted by molar-refractivity contribution is -0.138. The van der Waals surface area contributed by atoms with Gasteiger partial charge in [0, 0.05) is 0 Å². The second-order valence-corrected chi connectivity index (χ2v) is 3.67. The lowest BCUT2D eigenvalue weighted by atomic mass is 9.97. The maximum absolute atomic E-state index is 10.7. The summed E-state index contributed by atoms with van der Waals surface area (Å²) in [5.74, 6) is -0.178. The number of benzene rings is 1. The Morgan fingerprint density at radius 1 is 1.47 bits per heavy atom. The quantitative estimate of drug-likeness (QED) is 0.762. The predicted molar refractivity (Wildman–Crippen MR) is 52.9 cm³/mol. The molecule has 0 radical (unpaired) electrons. The molecule has 1 saturated heterocycles. The van der Waals surface area contributed by atoms with Crippen molar-refractivity contribution in [2.75, 3.05) is 7.11 Å². The van der Waals surface area contributed by atoms with Gasteiger partial charge >= 0.3 is 5.97 Å². The second-order valence-electron chi connectivity index (χ2n) is 3.67. The largest absolute Gasteiger partial charge is 0.497 e. The Balaban J connectivity index is 2.21.